The number of nitrogens with two attached hydrogens (primary N) is 1. The molecule has 1 fully saturated rings. The van der Waals surface area contributed by atoms with Gasteiger partial charge in [-0.3, -0.25) is 4.79 Å². The second kappa shape index (κ2) is 5.77. The van der Waals surface area contributed by atoms with Crippen LogP contribution in [0.4, 0.5) is 0 Å². The predicted molar refractivity (Wildman–Crippen MR) is 70.4 cm³/mol. The van der Waals surface area contributed by atoms with E-state index in [1.807, 2.05) is 0 Å². The van der Waals surface area contributed by atoms with Gasteiger partial charge in [0.05, 0.1) is 10.7 Å². The number of hydrogen-bond acceptors (Lipinski definition) is 4. The molecule has 0 saturated carbocycles. The molecule has 1 rings (SSSR count). The van der Waals surface area contributed by atoms with Gasteiger partial charge in [0, 0.05) is 12.5 Å². The molecule has 17 heavy (non-hydrogen) atoms. The molecule has 5 nitrogen and oxygen atoms in total. The lowest BCUT2D eigenvalue weighted by Gasteiger charge is -2.23. The highest BCUT2D eigenvalue weighted by molar-refractivity contribution is 7.92. The zero-order valence-electron chi connectivity index (χ0n) is 9.81. The molecule has 0 spiro atoms. The van der Waals surface area contributed by atoms with Crippen molar-refractivity contribution in [3.63, 3.8) is 0 Å². The molecule has 2 unspecified atom stereocenters. The molecule has 0 aliphatic carbocycles. The number of rotatable bonds is 4. The summed E-state index contributed by atoms with van der Waals surface area (Å²) in [5, 5.41) is 1.75. The smallest absolute Gasteiger partial charge is 0.238 e. The molecule has 7 heteroatoms. The van der Waals surface area contributed by atoms with Gasteiger partial charge < -0.3 is 11.1 Å². The summed E-state index contributed by atoms with van der Waals surface area (Å²) in [7, 11) is -3.27. The Morgan fingerprint density at radius 1 is 1.53 bits per heavy atom. The minimum absolute atomic E-state index is 0.106. The number of sulfone groups is 1. The largest absolute Gasteiger partial charge is 0.393 e. The number of amides is 1. The number of carbonyl (C=O) groups is 1. The molecule has 1 amide bonds. The molecule has 0 radical (unpaired) electrons. The van der Waals surface area contributed by atoms with Crippen molar-refractivity contribution in [1.82, 2.24) is 5.32 Å². The lowest BCUT2D eigenvalue weighted by molar-refractivity contribution is -0.121. The third kappa shape index (κ3) is 4.23. The van der Waals surface area contributed by atoms with E-state index in [4.69, 9.17) is 18.0 Å². The monoisotopic (exact) mass is 278 g/mol. The van der Waals surface area contributed by atoms with E-state index in [0.29, 0.717) is 24.3 Å². The van der Waals surface area contributed by atoms with Crippen LogP contribution in [0.25, 0.3) is 0 Å². The minimum atomic E-state index is -3.27. The van der Waals surface area contributed by atoms with Crippen molar-refractivity contribution < 1.29 is 13.2 Å². The van der Waals surface area contributed by atoms with Crippen LogP contribution in [-0.4, -0.2) is 36.4 Å². The summed E-state index contributed by atoms with van der Waals surface area (Å²) < 4.78 is 23.4. The van der Waals surface area contributed by atoms with E-state index in [-0.39, 0.29) is 11.8 Å². The van der Waals surface area contributed by atoms with Gasteiger partial charge in [-0.15, -0.1) is 0 Å². The normalized spacial score (nSPS) is 24.9. The maximum atomic E-state index is 11.8. The maximum absolute atomic E-state index is 11.8. The summed E-state index contributed by atoms with van der Waals surface area (Å²) in [6, 6.07) is -0.225. The molecular weight excluding hydrogens is 260 g/mol. The summed E-state index contributed by atoms with van der Waals surface area (Å²) in [4.78, 5) is 12.1. The zero-order chi connectivity index (χ0) is 13.1. The Morgan fingerprint density at radius 3 is 2.71 bits per heavy atom. The highest BCUT2D eigenvalue weighted by Gasteiger charge is 2.35. The fraction of sp³-hybridized carbons (Fsp3) is 0.800. The van der Waals surface area contributed by atoms with Gasteiger partial charge in [0.25, 0.3) is 0 Å². The lowest BCUT2D eigenvalue weighted by Crippen LogP contribution is -2.46. The summed E-state index contributed by atoms with van der Waals surface area (Å²) in [5.74, 6) is -0.317. The Bertz CT molecular complexity index is 406. The van der Waals surface area contributed by atoms with Gasteiger partial charge in [0.2, 0.25) is 5.91 Å². The molecule has 2 atom stereocenters. The maximum Gasteiger partial charge on any atom is 0.238 e. The van der Waals surface area contributed by atoms with E-state index >= 15 is 0 Å². The van der Waals surface area contributed by atoms with Gasteiger partial charge in [-0.25, -0.2) is 8.42 Å². The first-order chi connectivity index (χ1) is 7.83. The summed E-state index contributed by atoms with van der Waals surface area (Å²) in [5.41, 5.74) is 5.36. The quantitative estimate of drug-likeness (QED) is 0.714. The highest BCUT2D eigenvalue weighted by atomic mass is 32.2. The second-order valence-corrected chi connectivity index (χ2v) is 7.26. The van der Waals surface area contributed by atoms with Crippen molar-refractivity contribution in [3.8, 4) is 0 Å². The second-order valence-electron chi connectivity index (χ2n) is 4.43. The first-order valence-electron chi connectivity index (χ1n) is 5.63. The van der Waals surface area contributed by atoms with Crippen molar-refractivity contribution in [1.29, 1.82) is 0 Å². The van der Waals surface area contributed by atoms with E-state index < -0.39 is 21.0 Å². The number of carbonyl (C=O) groups excluding carboxylic acids is 1. The van der Waals surface area contributed by atoms with Crippen LogP contribution in [0.15, 0.2) is 0 Å². The third-order valence-corrected chi connectivity index (χ3v) is 5.11. The van der Waals surface area contributed by atoms with Gasteiger partial charge in [-0.2, -0.15) is 0 Å². The Balaban J connectivity index is 2.60. The Morgan fingerprint density at radius 2 is 2.18 bits per heavy atom. The van der Waals surface area contributed by atoms with Crippen LogP contribution in [0.1, 0.15) is 32.6 Å². The molecular formula is C10H18N2O3S2. The summed E-state index contributed by atoms with van der Waals surface area (Å²) in [6.45, 7) is 1.76. The van der Waals surface area contributed by atoms with Gasteiger partial charge in [0.15, 0.2) is 9.84 Å². The molecule has 1 saturated heterocycles. The van der Waals surface area contributed by atoms with Crippen LogP contribution in [0, 0.1) is 0 Å². The topological polar surface area (TPSA) is 89.3 Å². The SMILES string of the molecule is CC(CC(N)=S)NC(=O)C1CCCCS1(=O)=O. The lowest BCUT2D eigenvalue weighted by atomic mass is 10.1. The molecule has 3 N–H and O–H groups in total. The van der Waals surface area contributed by atoms with Crippen molar-refractivity contribution >= 4 is 33.0 Å². The molecule has 1 aliphatic rings. The van der Waals surface area contributed by atoms with Crippen LogP contribution < -0.4 is 11.1 Å². The minimum Gasteiger partial charge on any atom is -0.393 e. The molecule has 1 heterocycles. The van der Waals surface area contributed by atoms with E-state index in [0.717, 1.165) is 6.42 Å². The van der Waals surface area contributed by atoms with Crippen molar-refractivity contribution in [2.75, 3.05) is 5.75 Å². The van der Waals surface area contributed by atoms with Gasteiger partial charge in [-0.1, -0.05) is 18.6 Å². The Hall–Kier alpha value is -0.690. The standard InChI is InChI=1S/C10H18N2O3S2/c1-7(6-9(11)16)12-10(13)8-4-2-3-5-17(8,14)15/h7-8H,2-6H2,1H3,(H2,11,16)(H,12,13). The third-order valence-electron chi connectivity index (χ3n) is 2.77. The Labute approximate surface area is 107 Å². The molecule has 0 aromatic rings. The summed E-state index contributed by atoms with van der Waals surface area (Å²) in [6.07, 6.45) is 2.22. The zero-order valence-corrected chi connectivity index (χ0v) is 11.4. The van der Waals surface area contributed by atoms with E-state index in [1.54, 1.807) is 6.92 Å². The van der Waals surface area contributed by atoms with Crippen LogP contribution >= 0.6 is 12.2 Å². The fourth-order valence-corrected chi connectivity index (χ4v) is 4.00. The van der Waals surface area contributed by atoms with Crippen LogP contribution in [-0.2, 0) is 14.6 Å². The number of hydrogen-bond donors (Lipinski definition) is 2. The number of nitrogens with one attached hydrogen (secondary N) is 1. The molecule has 0 aromatic heterocycles. The van der Waals surface area contributed by atoms with Crippen LogP contribution in [0.3, 0.4) is 0 Å². The number of thiocarbonyl (C=S) groups is 1. The average molecular weight is 278 g/mol. The van der Waals surface area contributed by atoms with Gasteiger partial charge in [-0.05, 0) is 19.8 Å². The Kier molecular flexibility index (Phi) is 4.88. The van der Waals surface area contributed by atoms with Crippen LogP contribution in [0.5, 0.6) is 0 Å². The van der Waals surface area contributed by atoms with Crippen LogP contribution in [0.2, 0.25) is 0 Å². The van der Waals surface area contributed by atoms with E-state index in [9.17, 15) is 13.2 Å². The molecule has 1 aliphatic heterocycles. The van der Waals surface area contributed by atoms with Crippen molar-refractivity contribution in [2.24, 2.45) is 5.73 Å². The predicted octanol–water partition coefficient (Wildman–Crippen LogP) is 0.135. The average Bonchev–Trinajstić information content (AvgIpc) is 2.14. The van der Waals surface area contributed by atoms with Gasteiger partial charge >= 0.3 is 0 Å². The first-order valence-corrected chi connectivity index (χ1v) is 7.75. The van der Waals surface area contributed by atoms with Crippen molar-refractivity contribution in [2.45, 2.75) is 43.9 Å². The van der Waals surface area contributed by atoms with Gasteiger partial charge in [0.1, 0.15) is 5.25 Å². The highest BCUT2D eigenvalue weighted by Crippen LogP contribution is 2.19. The van der Waals surface area contributed by atoms with Crippen molar-refractivity contribution in [3.05, 3.63) is 0 Å². The van der Waals surface area contributed by atoms with E-state index in [1.165, 1.54) is 0 Å². The first kappa shape index (κ1) is 14.4. The fourth-order valence-electron chi connectivity index (χ4n) is 1.94. The van der Waals surface area contributed by atoms with E-state index in [2.05, 4.69) is 5.32 Å². The molecule has 0 bridgehead atoms. The summed E-state index contributed by atoms with van der Waals surface area (Å²) >= 11 is 4.73. The molecule has 0 aromatic carbocycles. The molecule has 98 valence electrons.